The Bertz CT molecular complexity index is 1740. The van der Waals surface area contributed by atoms with Gasteiger partial charge in [0.25, 0.3) is 0 Å². The van der Waals surface area contributed by atoms with Gasteiger partial charge in [0.05, 0.1) is 23.3 Å². The second-order valence-corrected chi connectivity index (χ2v) is 13.4. The third kappa shape index (κ3) is 7.84. The molecule has 0 amide bonds. The van der Waals surface area contributed by atoms with Gasteiger partial charge in [-0.2, -0.15) is 4.98 Å². The maximum Gasteiger partial charge on any atom is 0.338 e. The van der Waals surface area contributed by atoms with Gasteiger partial charge in [0.15, 0.2) is 11.5 Å². The standard InChI is InChI=1S/C36H38BrFN4O4S/c1-3-44-30-21-26(20-28(37)33(30)45-19-18-24-12-6-4-7-13-24)32-31(34(43)46-27-15-8-5-9-16-27)23(2)39-35-40-36(41-42(32)35)47-22-25-14-10-11-17-29(25)38/h4,6-7,10-14,17,20-21,27,32H,3,5,8-9,15-16,18-19,22H2,1-2H3,(H,39,40,41). The zero-order valence-electron chi connectivity index (χ0n) is 26.5. The van der Waals surface area contributed by atoms with Crippen LogP contribution in [0, 0.1) is 5.82 Å². The largest absolute Gasteiger partial charge is 0.490 e. The number of benzene rings is 3. The number of carbonyl (C=O) groups is 1. The van der Waals surface area contributed by atoms with Crippen LogP contribution in [0.3, 0.4) is 0 Å². The number of anilines is 1. The first-order valence-corrected chi connectivity index (χ1v) is 17.8. The Morgan fingerprint density at radius 2 is 1.83 bits per heavy atom. The third-order valence-electron chi connectivity index (χ3n) is 8.32. The summed E-state index contributed by atoms with van der Waals surface area (Å²) in [6.45, 7) is 4.66. The minimum atomic E-state index is -0.661. The van der Waals surface area contributed by atoms with Crippen LogP contribution in [0.2, 0.25) is 0 Å². The van der Waals surface area contributed by atoms with Gasteiger partial charge in [0.2, 0.25) is 11.1 Å². The van der Waals surface area contributed by atoms with Gasteiger partial charge in [-0.15, -0.1) is 5.10 Å². The fourth-order valence-corrected chi connectivity index (χ4v) is 7.37. The van der Waals surface area contributed by atoms with Crippen molar-refractivity contribution < 1.29 is 23.4 Å². The molecule has 1 aliphatic carbocycles. The highest BCUT2D eigenvalue weighted by Gasteiger charge is 2.37. The number of halogens is 2. The smallest absolute Gasteiger partial charge is 0.338 e. The molecule has 4 aromatic rings. The molecule has 1 saturated carbocycles. The molecule has 0 bridgehead atoms. The maximum absolute atomic E-state index is 14.4. The molecular weight excluding hydrogens is 683 g/mol. The molecule has 6 rings (SSSR count). The number of hydrogen-bond donors (Lipinski definition) is 1. The van der Waals surface area contributed by atoms with E-state index in [1.54, 1.807) is 16.8 Å². The third-order valence-corrected chi connectivity index (χ3v) is 9.80. The molecule has 2 aliphatic rings. The molecule has 2 heterocycles. The lowest BCUT2D eigenvalue weighted by Gasteiger charge is -2.30. The Morgan fingerprint density at radius 1 is 1.06 bits per heavy atom. The van der Waals surface area contributed by atoms with Gasteiger partial charge in [0, 0.05) is 17.9 Å². The van der Waals surface area contributed by atoms with Crippen molar-refractivity contribution in [3.63, 3.8) is 0 Å². The number of thioether (sulfide) groups is 1. The van der Waals surface area contributed by atoms with E-state index in [-0.39, 0.29) is 17.9 Å². The molecule has 1 N–H and O–H groups in total. The molecule has 1 aliphatic heterocycles. The molecule has 1 unspecified atom stereocenters. The molecule has 0 saturated heterocycles. The Labute approximate surface area is 287 Å². The first-order valence-electron chi connectivity index (χ1n) is 16.1. The fraction of sp³-hybridized carbons (Fsp3) is 0.361. The zero-order valence-corrected chi connectivity index (χ0v) is 28.9. The van der Waals surface area contributed by atoms with E-state index in [9.17, 15) is 9.18 Å². The number of rotatable bonds is 12. The van der Waals surface area contributed by atoms with Crippen LogP contribution in [-0.2, 0) is 21.7 Å². The van der Waals surface area contributed by atoms with E-state index in [4.69, 9.17) is 24.3 Å². The van der Waals surface area contributed by atoms with Crippen molar-refractivity contribution in [2.45, 2.75) is 75.4 Å². The summed E-state index contributed by atoms with van der Waals surface area (Å²) < 4.78 is 35.2. The summed E-state index contributed by atoms with van der Waals surface area (Å²) in [6.07, 6.45) is 5.58. The van der Waals surface area contributed by atoms with E-state index < -0.39 is 6.04 Å². The lowest BCUT2D eigenvalue weighted by Crippen LogP contribution is -2.32. The van der Waals surface area contributed by atoms with Gasteiger partial charge in [-0.25, -0.2) is 13.9 Å². The van der Waals surface area contributed by atoms with Crippen LogP contribution in [0.4, 0.5) is 10.3 Å². The number of fused-ring (bicyclic) bond motifs is 1. The minimum absolute atomic E-state index is 0.118. The molecule has 246 valence electrons. The molecule has 1 atom stereocenters. The first kappa shape index (κ1) is 33.1. The van der Waals surface area contributed by atoms with Gasteiger partial charge >= 0.3 is 5.97 Å². The van der Waals surface area contributed by atoms with E-state index in [1.165, 1.54) is 23.4 Å². The Kier molecular flexibility index (Phi) is 10.8. The van der Waals surface area contributed by atoms with E-state index >= 15 is 0 Å². The number of allylic oxidation sites excluding steroid dienone is 1. The molecule has 8 nitrogen and oxygen atoms in total. The Balaban J connectivity index is 1.34. The number of nitrogens with zero attached hydrogens (tertiary/aromatic N) is 3. The average molecular weight is 722 g/mol. The van der Waals surface area contributed by atoms with Crippen LogP contribution < -0.4 is 14.8 Å². The molecular formula is C36H38BrFN4O4S. The predicted molar refractivity (Wildman–Crippen MR) is 184 cm³/mol. The van der Waals surface area contributed by atoms with Crippen LogP contribution in [0.25, 0.3) is 0 Å². The van der Waals surface area contributed by atoms with Crippen LogP contribution in [-0.4, -0.2) is 40.1 Å². The molecule has 0 radical (unpaired) electrons. The highest BCUT2D eigenvalue weighted by molar-refractivity contribution is 9.10. The van der Waals surface area contributed by atoms with E-state index in [0.29, 0.717) is 62.9 Å². The summed E-state index contributed by atoms with van der Waals surface area (Å²) in [5, 5.41) is 8.57. The molecule has 0 spiro atoms. The monoisotopic (exact) mass is 720 g/mol. The maximum atomic E-state index is 14.4. The summed E-state index contributed by atoms with van der Waals surface area (Å²) in [6, 6.07) is 20.0. The van der Waals surface area contributed by atoms with Crippen molar-refractivity contribution in [1.82, 2.24) is 14.8 Å². The summed E-state index contributed by atoms with van der Waals surface area (Å²) >= 11 is 5.07. The van der Waals surface area contributed by atoms with Crippen molar-refractivity contribution in [1.29, 1.82) is 0 Å². The predicted octanol–water partition coefficient (Wildman–Crippen LogP) is 8.66. The molecule has 1 aromatic heterocycles. The summed E-state index contributed by atoms with van der Waals surface area (Å²) in [4.78, 5) is 18.7. The van der Waals surface area contributed by atoms with Crippen molar-refractivity contribution in [3.8, 4) is 11.5 Å². The molecule has 3 aromatic carbocycles. The lowest BCUT2D eigenvalue weighted by atomic mass is 9.94. The number of hydrogen-bond acceptors (Lipinski definition) is 8. The SMILES string of the molecule is CCOc1cc(C2C(C(=O)OC3CCCCC3)=C(C)Nc3nc(SCc4ccccc4F)nn32)cc(Br)c1OCCc1ccccc1. The lowest BCUT2D eigenvalue weighted by molar-refractivity contribution is -0.146. The zero-order chi connectivity index (χ0) is 32.8. The van der Waals surface area contributed by atoms with Gasteiger partial charge in [-0.1, -0.05) is 66.7 Å². The van der Waals surface area contributed by atoms with Gasteiger partial charge < -0.3 is 19.5 Å². The summed E-state index contributed by atoms with van der Waals surface area (Å²) in [7, 11) is 0. The van der Waals surface area contributed by atoms with Crippen molar-refractivity contribution in [2.24, 2.45) is 0 Å². The number of ether oxygens (including phenoxy) is 3. The van der Waals surface area contributed by atoms with Crippen molar-refractivity contribution >= 4 is 39.6 Å². The van der Waals surface area contributed by atoms with E-state index in [1.807, 2.05) is 50.2 Å². The normalized spacial score (nSPS) is 16.4. The van der Waals surface area contributed by atoms with Crippen LogP contribution in [0.15, 0.2) is 87.6 Å². The number of carbonyl (C=O) groups excluding carboxylic acids is 1. The number of aromatic nitrogens is 3. The highest BCUT2D eigenvalue weighted by atomic mass is 79.9. The highest BCUT2D eigenvalue weighted by Crippen LogP contribution is 2.44. The fourth-order valence-electron chi connectivity index (χ4n) is 5.99. The topological polar surface area (TPSA) is 87.5 Å². The van der Waals surface area contributed by atoms with Crippen LogP contribution in [0.1, 0.15) is 68.7 Å². The van der Waals surface area contributed by atoms with Crippen molar-refractivity contribution in [2.75, 3.05) is 18.5 Å². The Hall–Kier alpha value is -3.83. The van der Waals surface area contributed by atoms with E-state index in [0.717, 1.165) is 44.1 Å². The second kappa shape index (κ2) is 15.4. The molecule has 1 fully saturated rings. The number of esters is 1. The van der Waals surface area contributed by atoms with Gasteiger partial charge in [-0.05, 0) is 90.4 Å². The van der Waals surface area contributed by atoms with Crippen LogP contribution in [0.5, 0.6) is 11.5 Å². The quantitative estimate of drug-likeness (QED) is 0.115. The minimum Gasteiger partial charge on any atom is -0.490 e. The van der Waals surface area contributed by atoms with Gasteiger partial charge in [0.1, 0.15) is 18.0 Å². The summed E-state index contributed by atoms with van der Waals surface area (Å²) in [5.41, 5.74) is 3.58. The molecule has 47 heavy (non-hydrogen) atoms. The second-order valence-electron chi connectivity index (χ2n) is 11.6. The van der Waals surface area contributed by atoms with E-state index in [2.05, 4.69) is 33.4 Å². The Morgan fingerprint density at radius 3 is 2.60 bits per heavy atom. The average Bonchev–Trinajstić information content (AvgIpc) is 3.48. The number of nitrogens with one attached hydrogen (secondary N) is 1. The van der Waals surface area contributed by atoms with Crippen molar-refractivity contribution in [3.05, 3.63) is 105 Å². The first-order chi connectivity index (χ1) is 22.9. The summed E-state index contributed by atoms with van der Waals surface area (Å²) in [5.74, 6) is 1.33. The molecule has 11 heteroatoms. The van der Waals surface area contributed by atoms with Gasteiger partial charge in [-0.3, -0.25) is 0 Å². The van der Waals surface area contributed by atoms with Crippen LogP contribution >= 0.6 is 27.7 Å².